The smallest absolute Gasteiger partial charge is 0.225 e. The van der Waals surface area contributed by atoms with Crippen LogP contribution < -0.4 is 10.4 Å². The summed E-state index contributed by atoms with van der Waals surface area (Å²) in [5.74, 6) is 2.50. The lowest BCUT2D eigenvalue weighted by molar-refractivity contribution is 0.0460. The van der Waals surface area contributed by atoms with Gasteiger partial charge in [0.15, 0.2) is 0 Å². The fourth-order valence-electron chi connectivity index (χ4n) is 2.17. The Morgan fingerprint density at radius 3 is 2.70 bits per heavy atom. The quantitative estimate of drug-likeness (QED) is 0.430. The van der Waals surface area contributed by atoms with Gasteiger partial charge in [-0.3, -0.25) is 4.84 Å². The Morgan fingerprint density at radius 1 is 1.43 bits per heavy atom. The van der Waals surface area contributed by atoms with E-state index in [1.165, 1.54) is 12.4 Å². The Hall–Kier alpha value is -2.46. The fourth-order valence-corrected chi connectivity index (χ4v) is 2.17. The number of hydroxylamine groups is 1. The van der Waals surface area contributed by atoms with Crippen LogP contribution >= 0.6 is 0 Å². The van der Waals surface area contributed by atoms with Crippen molar-refractivity contribution in [3.05, 3.63) is 23.7 Å². The van der Waals surface area contributed by atoms with E-state index in [1.54, 1.807) is 6.92 Å². The van der Waals surface area contributed by atoms with Crippen molar-refractivity contribution in [1.82, 2.24) is 20.3 Å². The zero-order valence-electron chi connectivity index (χ0n) is 14.0. The van der Waals surface area contributed by atoms with Crippen molar-refractivity contribution in [1.29, 1.82) is 5.26 Å². The molecule has 1 aliphatic heterocycles. The molecule has 1 N–H and O–H groups in total. The highest BCUT2D eigenvalue weighted by Crippen LogP contribution is 2.13. The highest BCUT2D eigenvalue weighted by atomic mass is 16.6. The molecule has 0 bridgehead atoms. The van der Waals surface area contributed by atoms with Crippen LogP contribution in [0.1, 0.15) is 20.3 Å². The van der Waals surface area contributed by atoms with E-state index in [0.29, 0.717) is 49.9 Å². The number of aromatic nitrogens is 2. The second-order valence-electron chi connectivity index (χ2n) is 4.95. The number of rotatable bonds is 7. The van der Waals surface area contributed by atoms with E-state index in [9.17, 15) is 4.79 Å². The van der Waals surface area contributed by atoms with Crippen LogP contribution in [0.3, 0.4) is 0 Å². The zero-order valence-corrected chi connectivity index (χ0v) is 13.0. The highest BCUT2D eigenvalue weighted by Gasteiger charge is 2.21. The Balaban J connectivity index is 1.82. The standard InChI is InChI=1S/C15H20N6O2/c1-2-3-19-23-12-14(11-22)20-4-6-21(7-5-20)15-17-9-13(8-16)10-18-15/h9-10,19H,2-7,12H2,1H3/i2D. The van der Waals surface area contributed by atoms with E-state index in [2.05, 4.69) is 15.4 Å². The van der Waals surface area contributed by atoms with Crippen molar-refractivity contribution in [3.8, 4) is 6.07 Å². The van der Waals surface area contributed by atoms with Crippen LogP contribution in [-0.2, 0) is 9.63 Å². The Morgan fingerprint density at radius 2 is 2.13 bits per heavy atom. The first-order chi connectivity index (χ1) is 11.6. The summed E-state index contributed by atoms with van der Waals surface area (Å²) in [5.41, 5.74) is 3.53. The molecule has 2 rings (SSSR count). The van der Waals surface area contributed by atoms with Crippen LogP contribution in [0.5, 0.6) is 0 Å². The molecular weight excluding hydrogens is 296 g/mol. The topological polar surface area (TPSA) is 94.4 Å². The van der Waals surface area contributed by atoms with Gasteiger partial charge in [0.2, 0.25) is 5.95 Å². The van der Waals surface area contributed by atoms with Crippen LogP contribution in [0.25, 0.3) is 0 Å². The first-order valence-electron chi connectivity index (χ1n) is 7.94. The number of nitriles is 1. The molecule has 2 heterocycles. The molecule has 0 radical (unpaired) electrons. The van der Waals surface area contributed by atoms with Crippen molar-refractivity contribution in [2.45, 2.75) is 13.3 Å². The zero-order chi connectivity index (χ0) is 17.4. The predicted octanol–water partition coefficient (Wildman–Crippen LogP) is 0.117. The summed E-state index contributed by atoms with van der Waals surface area (Å²) in [7, 11) is 0. The fraction of sp³-hybridized carbons (Fsp3) is 0.533. The minimum absolute atomic E-state index is 0.115. The third-order valence-corrected chi connectivity index (χ3v) is 3.43. The molecule has 8 nitrogen and oxygen atoms in total. The summed E-state index contributed by atoms with van der Waals surface area (Å²) in [5, 5.41) is 8.76. The van der Waals surface area contributed by atoms with Gasteiger partial charge >= 0.3 is 0 Å². The van der Waals surface area contributed by atoms with E-state index in [4.69, 9.17) is 11.5 Å². The Labute approximate surface area is 136 Å². The molecule has 23 heavy (non-hydrogen) atoms. The molecule has 0 amide bonds. The average Bonchev–Trinajstić information content (AvgIpc) is 2.62. The Bertz CT molecular complexity index is 616. The lowest BCUT2D eigenvalue weighted by atomic mass is 10.3. The molecule has 1 fully saturated rings. The maximum absolute atomic E-state index is 11.1. The molecule has 1 aromatic heterocycles. The molecule has 1 unspecified atom stereocenters. The molecule has 122 valence electrons. The molecule has 1 atom stereocenters. The SMILES string of the molecule is [2H]C(C)CNOCC(=C=O)N1CCN(c2ncc(C#N)cn2)CC1. The van der Waals surface area contributed by atoms with Gasteiger partial charge in [0.1, 0.15) is 24.3 Å². The summed E-state index contributed by atoms with van der Waals surface area (Å²) >= 11 is 0. The molecule has 1 saturated heterocycles. The van der Waals surface area contributed by atoms with Crippen LogP contribution in [0.4, 0.5) is 5.95 Å². The number of nitrogens with zero attached hydrogens (tertiary/aromatic N) is 5. The summed E-state index contributed by atoms with van der Waals surface area (Å²) in [6, 6.07) is 1.99. The number of nitrogens with one attached hydrogen (secondary N) is 1. The third-order valence-electron chi connectivity index (χ3n) is 3.43. The molecule has 1 aromatic rings. The monoisotopic (exact) mass is 317 g/mol. The van der Waals surface area contributed by atoms with Crippen LogP contribution in [0.15, 0.2) is 18.1 Å². The second-order valence-corrected chi connectivity index (χ2v) is 4.95. The molecule has 0 spiro atoms. The molecule has 0 saturated carbocycles. The van der Waals surface area contributed by atoms with Crippen molar-refractivity contribution in [2.75, 3.05) is 44.2 Å². The van der Waals surface area contributed by atoms with Gasteiger partial charge in [-0.1, -0.05) is 6.92 Å². The van der Waals surface area contributed by atoms with Gasteiger partial charge in [-0.05, 0) is 6.40 Å². The Kier molecular flexibility index (Phi) is 5.94. The lowest BCUT2D eigenvalue weighted by Gasteiger charge is -2.35. The normalized spacial score (nSPS) is 16.3. The van der Waals surface area contributed by atoms with E-state index < -0.39 is 0 Å². The summed E-state index contributed by atoms with van der Waals surface area (Å²) in [6.07, 6.45) is 2.72. The van der Waals surface area contributed by atoms with E-state index in [1.807, 2.05) is 21.8 Å². The van der Waals surface area contributed by atoms with Gasteiger partial charge in [0, 0.05) is 34.1 Å². The third kappa shape index (κ3) is 4.76. The van der Waals surface area contributed by atoms with Crippen molar-refractivity contribution >= 4 is 11.9 Å². The minimum atomic E-state index is -0.273. The van der Waals surface area contributed by atoms with Crippen molar-refractivity contribution < 1.29 is 11.0 Å². The molecular formula is C15H20N6O2. The van der Waals surface area contributed by atoms with Gasteiger partial charge in [-0.25, -0.2) is 20.2 Å². The minimum Gasteiger partial charge on any atom is -0.360 e. The molecule has 1 aliphatic rings. The van der Waals surface area contributed by atoms with Crippen molar-refractivity contribution in [2.24, 2.45) is 0 Å². The summed E-state index contributed by atoms with van der Waals surface area (Å²) in [4.78, 5) is 28.6. The largest absolute Gasteiger partial charge is 0.360 e. The maximum atomic E-state index is 11.1. The predicted molar refractivity (Wildman–Crippen MR) is 84.0 cm³/mol. The maximum Gasteiger partial charge on any atom is 0.225 e. The first kappa shape index (κ1) is 15.4. The van der Waals surface area contributed by atoms with E-state index in [0.717, 1.165) is 0 Å². The molecule has 8 heteroatoms. The molecule has 0 aromatic carbocycles. The number of piperazine rings is 1. The number of anilines is 1. The second kappa shape index (κ2) is 8.86. The van der Waals surface area contributed by atoms with Gasteiger partial charge in [-0.15, -0.1) is 0 Å². The molecule has 0 aliphatic carbocycles. The van der Waals surface area contributed by atoms with E-state index in [-0.39, 0.29) is 13.0 Å². The van der Waals surface area contributed by atoms with Crippen LogP contribution in [-0.4, -0.2) is 60.1 Å². The summed E-state index contributed by atoms with van der Waals surface area (Å²) < 4.78 is 7.36. The van der Waals surface area contributed by atoms with Crippen LogP contribution in [0, 0.1) is 11.3 Å². The number of carbonyl (C=O) groups excluding carboxylic acids is 1. The van der Waals surface area contributed by atoms with Crippen LogP contribution in [0.2, 0.25) is 0 Å². The van der Waals surface area contributed by atoms with Gasteiger partial charge in [-0.2, -0.15) is 5.26 Å². The van der Waals surface area contributed by atoms with Gasteiger partial charge in [0.25, 0.3) is 0 Å². The average molecular weight is 317 g/mol. The van der Waals surface area contributed by atoms with Gasteiger partial charge < -0.3 is 9.80 Å². The number of hydrogen-bond acceptors (Lipinski definition) is 8. The lowest BCUT2D eigenvalue weighted by Crippen LogP contribution is -2.47. The van der Waals surface area contributed by atoms with Crippen molar-refractivity contribution in [3.63, 3.8) is 0 Å². The van der Waals surface area contributed by atoms with Gasteiger partial charge in [0.05, 0.1) is 18.0 Å². The van der Waals surface area contributed by atoms with E-state index >= 15 is 0 Å². The summed E-state index contributed by atoms with van der Waals surface area (Å²) in [6.45, 7) is 4.84. The highest BCUT2D eigenvalue weighted by molar-refractivity contribution is 5.52. The first-order valence-corrected chi connectivity index (χ1v) is 7.37. The number of hydrogen-bond donors (Lipinski definition) is 1.